The van der Waals surface area contributed by atoms with Crippen LogP contribution in [0.5, 0.6) is 0 Å². The maximum Gasteiger partial charge on any atom is 0.243 e. The highest BCUT2D eigenvalue weighted by Crippen LogP contribution is 2.26. The molecule has 28 heavy (non-hydrogen) atoms. The SMILES string of the molecule is CC(=O)Nc1ccc(S(=O)(=O)N(C)CC(=O)NCC2(C)CCNCC2)cc1.Cl. The molecule has 0 unspecified atom stereocenters. The summed E-state index contributed by atoms with van der Waals surface area (Å²) < 4.78 is 26.3. The Labute approximate surface area is 172 Å². The van der Waals surface area contributed by atoms with Crippen molar-refractivity contribution in [3.8, 4) is 0 Å². The number of rotatable bonds is 7. The first kappa shape index (κ1) is 24.4. The molecular formula is C18H29ClN4O4S. The molecule has 8 nitrogen and oxygen atoms in total. The number of piperidine rings is 1. The van der Waals surface area contributed by atoms with Crippen LogP contribution in [0.4, 0.5) is 5.69 Å². The van der Waals surface area contributed by atoms with E-state index in [0.717, 1.165) is 30.2 Å². The molecule has 1 fully saturated rings. The zero-order valence-electron chi connectivity index (χ0n) is 16.4. The summed E-state index contributed by atoms with van der Waals surface area (Å²) >= 11 is 0. The summed E-state index contributed by atoms with van der Waals surface area (Å²) in [6, 6.07) is 5.84. The molecule has 0 spiro atoms. The Balaban J connectivity index is 0.00000392. The number of hydrogen-bond acceptors (Lipinski definition) is 5. The van der Waals surface area contributed by atoms with Crippen LogP contribution < -0.4 is 16.0 Å². The number of halogens is 1. The zero-order valence-corrected chi connectivity index (χ0v) is 18.1. The monoisotopic (exact) mass is 432 g/mol. The molecule has 0 radical (unpaired) electrons. The predicted molar refractivity (Wildman–Crippen MR) is 111 cm³/mol. The second-order valence-corrected chi connectivity index (χ2v) is 9.35. The molecule has 0 saturated carbocycles. The van der Waals surface area contributed by atoms with Gasteiger partial charge in [-0.3, -0.25) is 9.59 Å². The Morgan fingerprint density at radius 3 is 2.29 bits per heavy atom. The van der Waals surface area contributed by atoms with Crippen molar-refractivity contribution in [1.82, 2.24) is 14.9 Å². The van der Waals surface area contributed by atoms with Crippen molar-refractivity contribution < 1.29 is 18.0 Å². The summed E-state index contributed by atoms with van der Waals surface area (Å²) in [5.41, 5.74) is 0.551. The van der Waals surface area contributed by atoms with E-state index in [0.29, 0.717) is 12.2 Å². The van der Waals surface area contributed by atoms with Crippen LogP contribution in [0, 0.1) is 5.41 Å². The normalized spacial score (nSPS) is 16.1. The van der Waals surface area contributed by atoms with Crippen LogP contribution in [0.2, 0.25) is 0 Å². The first-order valence-electron chi connectivity index (χ1n) is 8.94. The first-order valence-corrected chi connectivity index (χ1v) is 10.4. The minimum Gasteiger partial charge on any atom is -0.354 e. The van der Waals surface area contributed by atoms with Crippen molar-refractivity contribution >= 4 is 39.9 Å². The number of hydrogen-bond donors (Lipinski definition) is 3. The lowest BCUT2D eigenvalue weighted by molar-refractivity contribution is -0.121. The molecule has 1 aliphatic rings. The number of nitrogens with zero attached hydrogens (tertiary/aromatic N) is 1. The van der Waals surface area contributed by atoms with E-state index in [1.807, 2.05) is 0 Å². The van der Waals surface area contributed by atoms with Crippen molar-refractivity contribution in [1.29, 1.82) is 0 Å². The van der Waals surface area contributed by atoms with Gasteiger partial charge in [0.05, 0.1) is 11.4 Å². The summed E-state index contributed by atoms with van der Waals surface area (Å²) in [6.45, 7) is 5.65. The summed E-state index contributed by atoms with van der Waals surface area (Å²) in [7, 11) is -2.41. The average Bonchev–Trinajstić information content (AvgIpc) is 2.60. The first-order chi connectivity index (χ1) is 12.6. The molecule has 2 rings (SSSR count). The van der Waals surface area contributed by atoms with E-state index in [4.69, 9.17) is 0 Å². The summed E-state index contributed by atoms with van der Waals surface area (Å²) in [5.74, 6) is -0.558. The topological polar surface area (TPSA) is 108 Å². The molecule has 0 bridgehead atoms. The fourth-order valence-electron chi connectivity index (χ4n) is 2.96. The van der Waals surface area contributed by atoms with Crippen LogP contribution >= 0.6 is 12.4 Å². The van der Waals surface area contributed by atoms with Gasteiger partial charge in [-0.05, 0) is 55.6 Å². The van der Waals surface area contributed by atoms with E-state index < -0.39 is 10.0 Å². The molecular weight excluding hydrogens is 404 g/mol. The molecule has 2 amide bonds. The molecule has 1 aromatic rings. The van der Waals surface area contributed by atoms with Gasteiger partial charge in [-0.25, -0.2) is 8.42 Å². The van der Waals surface area contributed by atoms with Crippen molar-refractivity contribution in [2.75, 3.05) is 38.5 Å². The number of amides is 2. The van der Waals surface area contributed by atoms with E-state index >= 15 is 0 Å². The molecule has 3 N–H and O–H groups in total. The van der Waals surface area contributed by atoms with Gasteiger partial charge in [0.15, 0.2) is 0 Å². The number of carbonyl (C=O) groups excluding carboxylic acids is 2. The van der Waals surface area contributed by atoms with Gasteiger partial charge in [0.2, 0.25) is 21.8 Å². The van der Waals surface area contributed by atoms with Crippen LogP contribution in [0.25, 0.3) is 0 Å². The van der Waals surface area contributed by atoms with Gasteiger partial charge in [0.25, 0.3) is 0 Å². The number of likely N-dealkylation sites (N-methyl/N-ethyl adjacent to an activating group) is 1. The Morgan fingerprint density at radius 1 is 1.18 bits per heavy atom. The maximum atomic E-state index is 12.6. The quantitative estimate of drug-likeness (QED) is 0.600. The van der Waals surface area contributed by atoms with Crippen LogP contribution in [-0.4, -0.2) is 57.8 Å². The van der Waals surface area contributed by atoms with Gasteiger partial charge >= 0.3 is 0 Å². The Kier molecular flexibility index (Phi) is 8.87. The minimum absolute atomic E-state index is 0. The Bertz CT molecular complexity index is 777. The van der Waals surface area contributed by atoms with Crippen molar-refractivity contribution in [3.63, 3.8) is 0 Å². The third-order valence-corrected chi connectivity index (χ3v) is 6.59. The Hall–Kier alpha value is -1.68. The number of anilines is 1. The summed E-state index contributed by atoms with van der Waals surface area (Å²) in [4.78, 5) is 23.3. The molecule has 1 heterocycles. The lowest BCUT2D eigenvalue weighted by Gasteiger charge is -2.34. The minimum atomic E-state index is -3.79. The molecule has 1 aliphatic heterocycles. The fourth-order valence-corrected chi connectivity index (χ4v) is 4.08. The number of sulfonamides is 1. The van der Waals surface area contributed by atoms with E-state index in [2.05, 4.69) is 22.9 Å². The predicted octanol–water partition coefficient (Wildman–Crippen LogP) is 1.19. The summed E-state index contributed by atoms with van der Waals surface area (Å²) in [5, 5.41) is 8.73. The van der Waals surface area contributed by atoms with Crippen LogP contribution in [0.15, 0.2) is 29.2 Å². The van der Waals surface area contributed by atoms with Crippen LogP contribution in [-0.2, 0) is 19.6 Å². The Morgan fingerprint density at radius 2 is 1.75 bits per heavy atom. The van der Waals surface area contributed by atoms with Crippen LogP contribution in [0.3, 0.4) is 0 Å². The molecule has 0 aliphatic carbocycles. The van der Waals surface area contributed by atoms with Crippen LogP contribution in [0.1, 0.15) is 26.7 Å². The number of carbonyl (C=O) groups is 2. The highest BCUT2D eigenvalue weighted by Gasteiger charge is 2.28. The lowest BCUT2D eigenvalue weighted by Crippen LogP contribution is -2.45. The van der Waals surface area contributed by atoms with Gasteiger partial charge in [0, 0.05) is 26.2 Å². The second-order valence-electron chi connectivity index (χ2n) is 7.30. The van der Waals surface area contributed by atoms with Gasteiger partial charge < -0.3 is 16.0 Å². The number of benzene rings is 1. The van der Waals surface area contributed by atoms with E-state index in [-0.39, 0.29) is 41.1 Å². The maximum absolute atomic E-state index is 12.6. The largest absolute Gasteiger partial charge is 0.354 e. The van der Waals surface area contributed by atoms with Gasteiger partial charge in [0.1, 0.15) is 0 Å². The molecule has 1 saturated heterocycles. The lowest BCUT2D eigenvalue weighted by atomic mass is 9.81. The molecule has 158 valence electrons. The fraction of sp³-hybridized carbons (Fsp3) is 0.556. The van der Waals surface area contributed by atoms with E-state index in [1.165, 1.54) is 38.2 Å². The van der Waals surface area contributed by atoms with E-state index in [1.54, 1.807) is 0 Å². The number of nitrogens with one attached hydrogen (secondary N) is 3. The standard InChI is InChI=1S/C18H28N4O4S.ClH/c1-14(23)21-15-4-6-16(7-5-15)27(25,26)22(3)12-17(24)20-13-18(2)8-10-19-11-9-18;/h4-7,19H,8-13H2,1-3H3,(H,20,24)(H,21,23);1H. The molecule has 1 aromatic carbocycles. The van der Waals surface area contributed by atoms with Gasteiger partial charge in [-0.15, -0.1) is 12.4 Å². The molecule has 0 aromatic heterocycles. The van der Waals surface area contributed by atoms with Gasteiger partial charge in [-0.2, -0.15) is 4.31 Å². The highest BCUT2D eigenvalue weighted by molar-refractivity contribution is 7.89. The molecule has 0 atom stereocenters. The third kappa shape index (κ3) is 6.73. The van der Waals surface area contributed by atoms with Gasteiger partial charge in [-0.1, -0.05) is 6.92 Å². The van der Waals surface area contributed by atoms with E-state index in [9.17, 15) is 18.0 Å². The smallest absolute Gasteiger partial charge is 0.243 e. The molecule has 10 heteroatoms. The average molecular weight is 433 g/mol. The highest BCUT2D eigenvalue weighted by atomic mass is 35.5. The zero-order chi connectivity index (χ0) is 20.1. The van der Waals surface area contributed by atoms with Crippen molar-refractivity contribution in [2.24, 2.45) is 5.41 Å². The summed E-state index contributed by atoms with van der Waals surface area (Å²) in [6.07, 6.45) is 1.95. The third-order valence-electron chi connectivity index (χ3n) is 4.77. The second kappa shape index (κ2) is 10.2. The van der Waals surface area contributed by atoms with Crippen molar-refractivity contribution in [2.45, 2.75) is 31.6 Å². The van der Waals surface area contributed by atoms with Crippen molar-refractivity contribution in [3.05, 3.63) is 24.3 Å².